The predicted octanol–water partition coefficient (Wildman–Crippen LogP) is 0.0350. The van der Waals surface area contributed by atoms with Crippen molar-refractivity contribution >= 4 is 11.9 Å². The number of ether oxygens (including phenoxy) is 1. The van der Waals surface area contributed by atoms with Crippen molar-refractivity contribution in [3.63, 3.8) is 0 Å². The summed E-state index contributed by atoms with van der Waals surface area (Å²) in [6.07, 6.45) is -8.71. The molecular formula is C10H12F3N3O4. The number of anilines is 1. The first-order chi connectivity index (χ1) is 9.18. The summed E-state index contributed by atoms with van der Waals surface area (Å²) >= 11 is 0. The topological polar surface area (TPSA) is 119 Å². The van der Waals surface area contributed by atoms with Gasteiger partial charge >= 0.3 is 12.1 Å². The minimum Gasteiger partial charge on any atom is -0.464 e. The van der Waals surface area contributed by atoms with Crippen molar-refractivity contribution in [2.24, 2.45) is 0 Å². The van der Waals surface area contributed by atoms with Crippen LogP contribution in [-0.4, -0.2) is 38.9 Å². The highest BCUT2D eigenvalue weighted by Crippen LogP contribution is 2.34. The first kappa shape index (κ1) is 16.1. The minimum absolute atomic E-state index is 0.104. The van der Waals surface area contributed by atoms with Gasteiger partial charge in [0.15, 0.2) is 11.8 Å². The molecule has 0 radical (unpaired) electrons. The average Bonchev–Trinajstić information content (AvgIpc) is 2.36. The molecule has 0 saturated heterocycles. The van der Waals surface area contributed by atoms with Crippen molar-refractivity contribution in [2.45, 2.75) is 25.3 Å². The molecule has 0 saturated carbocycles. The van der Waals surface area contributed by atoms with Crippen LogP contribution in [0.4, 0.5) is 19.1 Å². The number of aliphatic hydroxyl groups excluding tert-OH is 2. The zero-order valence-electron chi connectivity index (χ0n) is 10.3. The molecule has 7 nitrogen and oxygen atoms in total. The summed E-state index contributed by atoms with van der Waals surface area (Å²) < 4.78 is 42.6. The molecule has 0 amide bonds. The van der Waals surface area contributed by atoms with Crippen LogP contribution >= 0.6 is 0 Å². The summed E-state index contributed by atoms with van der Waals surface area (Å²) in [6, 6.07) is 0. The third-order valence-corrected chi connectivity index (χ3v) is 2.25. The van der Waals surface area contributed by atoms with Gasteiger partial charge in [0.1, 0.15) is 6.10 Å². The fraction of sp³-hybridized carbons (Fsp3) is 0.500. The van der Waals surface area contributed by atoms with Crippen molar-refractivity contribution < 1.29 is 32.9 Å². The molecule has 0 aliphatic rings. The Labute approximate surface area is 111 Å². The Bertz CT molecular complexity index is 495. The lowest BCUT2D eigenvalue weighted by Crippen LogP contribution is -2.31. The fourth-order valence-corrected chi connectivity index (χ4v) is 1.37. The van der Waals surface area contributed by atoms with Gasteiger partial charge in [-0.1, -0.05) is 0 Å². The molecule has 10 heteroatoms. The number of nitrogens with zero attached hydrogens (tertiary/aromatic N) is 2. The third kappa shape index (κ3) is 3.54. The molecule has 2 unspecified atom stereocenters. The number of rotatable bonds is 4. The lowest BCUT2D eigenvalue weighted by atomic mass is 10.0. The molecule has 0 bridgehead atoms. The summed E-state index contributed by atoms with van der Waals surface area (Å²) in [7, 11) is 0. The zero-order valence-corrected chi connectivity index (χ0v) is 10.3. The van der Waals surface area contributed by atoms with Gasteiger partial charge in [-0.05, 0) is 6.92 Å². The highest BCUT2D eigenvalue weighted by Gasteiger charge is 2.40. The molecule has 0 fully saturated rings. The Balaban J connectivity index is 3.16. The van der Waals surface area contributed by atoms with E-state index >= 15 is 0 Å². The molecule has 2 atom stereocenters. The number of esters is 1. The Morgan fingerprint density at radius 2 is 2.10 bits per heavy atom. The third-order valence-electron chi connectivity index (χ3n) is 2.25. The van der Waals surface area contributed by atoms with E-state index in [1.165, 1.54) is 6.92 Å². The number of halogens is 3. The van der Waals surface area contributed by atoms with Gasteiger partial charge in [-0.25, -0.2) is 14.8 Å². The molecular weight excluding hydrogens is 283 g/mol. The minimum atomic E-state index is -4.93. The molecule has 0 spiro atoms. The Morgan fingerprint density at radius 3 is 2.60 bits per heavy atom. The molecule has 0 aromatic carbocycles. The molecule has 4 N–H and O–H groups in total. The molecule has 1 heterocycles. The van der Waals surface area contributed by atoms with E-state index in [1.807, 2.05) is 0 Å². The highest BCUT2D eigenvalue weighted by molar-refractivity contribution is 5.75. The van der Waals surface area contributed by atoms with Gasteiger partial charge in [-0.15, -0.1) is 0 Å². The van der Waals surface area contributed by atoms with E-state index in [0.29, 0.717) is 6.20 Å². The van der Waals surface area contributed by atoms with Crippen molar-refractivity contribution in [2.75, 3.05) is 12.3 Å². The van der Waals surface area contributed by atoms with Crippen LogP contribution < -0.4 is 5.73 Å². The number of aliphatic hydroxyl groups is 2. The van der Waals surface area contributed by atoms with Crippen LogP contribution in [0.3, 0.4) is 0 Å². The predicted molar refractivity (Wildman–Crippen MR) is 59.0 cm³/mol. The molecule has 1 rings (SSSR count). The molecule has 20 heavy (non-hydrogen) atoms. The van der Waals surface area contributed by atoms with Crippen molar-refractivity contribution in [1.82, 2.24) is 9.97 Å². The summed E-state index contributed by atoms with van der Waals surface area (Å²) in [5.41, 5.74) is 2.65. The van der Waals surface area contributed by atoms with Gasteiger partial charge in [0.25, 0.3) is 0 Å². The number of carbonyl (C=O) groups excluding carboxylic acids is 1. The van der Waals surface area contributed by atoms with Gasteiger partial charge in [0.05, 0.1) is 6.61 Å². The second kappa shape index (κ2) is 6.01. The van der Waals surface area contributed by atoms with E-state index in [-0.39, 0.29) is 6.61 Å². The van der Waals surface area contributed by atoms with Crippen LogP contribution in [0.25, 0.3) is 0 Å². The van der Waals surface area contributed by atoms with Gasteiger partial charge in [0, 0.05) is 11.8 Å². The number of alkyl halides is 3. The number of hydrogen-bond donors (Lipinski definition) is 3. The van der Waals surface area contributed by atoms with E-state index in [2.05, 4.69) is 14.7 Å². The number of hydrogen-bond acceptors (Lipinski definition) is 7. The number of nitrogens with two attached hydrogens (primary N) is 1. The van der Waals surface area contributed by atoms with E-state index in [4.69, 9.17) is 5.73 Å². The normalized spacial score (nSPS) is 14.7. The fourth-order valence-electron chi connectivity index (χ4n) is 1.37. The van der Waals surface area contributed by atoms with Crippen molar-refractivity contribution in [3.05, 3.63) is 17.5 Å². The monoisotopic (exact) mass is 295 g/mol. The van der Waals surface area contributed by atoms with Crippen LogP contribution in [0, 0.1) is 0 Å². The zero-order chi connectivity index (χ0) is 15.5. The molecule has 0 aliphatic heterocycles. The Morgan fingerprint density at radius 1 is 1.50 bits per heavy atom. The second-order valence-electron chi connectivity index (χ2n) is 3.67. The van der Waals surface area contributed by atoms with Crippen molar-refractivity contribution in [3.8, 4) is 0 Å². The average molecular weight is 295 g/mol. The Kier molecular flexibility index (Phi) is 4.84. The molecule has 112 valence electrons. The summed E-state index contributed by atoms with van der Waals surface area (Å²) in [5.74, 6) is -1.91. The van der Waals surface area contributed by atoms with Crippen LogP contribution in [-0.2, 0) is 15.7 Å². The van der Waals surface area contributed by atoms with Gasteiger partial charge in [0.2, 0.25) is 5.95 Å². The van der Waals surface area contributed by atoms with E-state index in [9.17, 15) is 28.2 Å². The highest BCUT2D eigenvalue weighted by atomic mass is 19.4. The van der Waals surface area contributed by atoms with E-state index in [0.717, 1.165) is 0 Å². The van der Waals surface area contributed by atoms with Crippen LogP contribution in [0.2, 0.25) is 0 Å². The smallest absolute Gasteiger partial charge is 0.433 e. The largest absolute Gasteiger partial charge is 0.464 e. The Hall–Kier alpha value is -1.94. The molecule has 1 aromatic rings. The van der Waals surface area contributed by atoms with Crippen LogP contribution in [0.1, 0.15) is 24.3 Å². The molecule has 0 aliphatic carbocycles. The van der Waals surface area contributed by atoms with Gasteiger partial charge in [-0.3, -0.25) is 0 Å². The lowest BCUT2D eigenvalue weighted by molar-refractivity contribution is -0.161. The first-order valence-corrected chi connectivity index (χ1v) is 5.40. The van der Waals surface area contributed by atoms with E-state index in [1.54, 1.807) is 0 Å². The number of nitrogen functional groups attached to an aromatic ring is 1. The van der Waals surface area contributed by atoms with Gasteiger partial charge < -0.3 is 20.7 Å². The van der Waals surface area contributed by atoms with E-state index < -0.39 is 41.6 Å². The molecule has 1 aromatic heterocycles. The maximum atomic E-state index is 12.7. The van der Waals surface area contributed by atoms with Crippen molar-refractivity contribution in [1.29, 1.82) is 0 Å². The number of carbonyl (C=O) groups is 1. The SMILES string of the molecule is CCOC(=O)C(O)C(O)c1cnc(N)nc1C(F)(F)F. The number of aromatic nitrogens is 2. The standard InChI is InChI=1S/C10H12F3N3O4/c1-2-20-8(19)6(18)5(17)4-3-15-9(14)16-7(4)10(11,12)13/h3,5-6,17-18H,2H2,1H3,(H2,14,15,16). The second-order valence-corrected chi connectivity index (χ2v) is 3.67. The quantitative estimate of drug-likeness (QED) is 0.671. The van der Waals surface area contributed by atoms with Crippen LogP contribution in [0.5, 0.6) is 0 Å². The maximum absolute atomic E-state index is 12.7. The maximum Gasteiger partial charge on any atom is 0.433 e. The summed E-state index contributed by atoms with van der Waals surface area (Å²) in [4.78, 5) is 17.5. The van der Waals surface area contributed by atoms with Gasteiger partial charge in [-0.2, -0.15) is 13.2 Å². The lowest BCUT2D eigenvalue weighted by Gasteiger charge is -2.19. The first-order valence-electron chi connectivity index (χ1n) is 5.40. The summed E-state index contributed by atoms with van der Waals surface area (Å²) in [6.45, 7) is 1.33. The van der Waals surface area contributed by atoms with Crippen LogP contribution in [0.15, 0.2) is 6.20 Å². The summed E-state index contributed by atoms with van der Waals surface area (Å²) in [5, 5.41) is 19.1.